The first-order valence-corrected chi connectivity index (χ1v) is 15.2. The first kappa shape index (κ1) is 30.1. The highest BCUT2D eigenvalue weighted by Gasteiger charge is 2.58. The van der Waals surface area contributed by atoms with E-state index >= 15 is 0 Å². The number of carbonyl (C=O) groups is 3. The first-order chi connectivity index (χ1) is 22.0. The van der Waals surface area contributed by atoms with Gasteiger partial charge in [-0.15, -0.1) is 0 Å². The van der Waals surface area contributed by atoms with E-state index < -0.39 is 23.7 Å². The number of methoxy groups -OCH3 is 1. The summed E-state index contributed by atoms with van der Waals surface area (Å²) in [6, 6.07) is 22.7. The number of amides is 3. The van der Waals surface area contributed by atoms with Gasteiger partial charge >= 0.3 is 12.0 Å². The van der Waals surface area contributed by atoms with E-state index in [1.807, 2.05) is 84.9 Å². The van der Waals surface area contributed by atoms with Gasteiger partial charge in [0, 0.05) is 43.8 Å². The molecule has 6 rings (SSSR count). The Hall–Kier alpha value is -4.96. The molecule has 0 radical (unpaired) electrons. The van der Waals surface area contributed by atoms with E-state index in [9.17, 15) is 14.4 Å². The quantitative estimate of drug-likeness (QED) is 0.237. The van der Waals surface area contributed by atoms with Crippen LogP contribution >= 0.6 is 0 Å². The number of anilines is 1. The number of para-hydroxylation sites is 1. The van der Waals surface area contributed by atoms with Crippen molar-refractivity contribution in [1.29, 1.82) is 0 Å². The monoisotopic (exact) mass is 607 g/mol. The van der Waals surface area contributed by atoms with Gasteiger partial charge in [-0.2, -0.15) is 0 Å². The third-order valence-electron chi connectivity index (χ3n) is 8.62. The van der Waals surface area contributed by atoms with Gasteiger partial charge in [0.05, 0.1) is 24.3 Å². The van der Waals surface area contributed by atoms with Gasteiger partial charge in [-0.25, -0.2) is 9.59 Å². The molecule has 1 saturated heterocycles. The lowest BCUT2D eigenvalue weighted by Gasteiger charge is -2.36. The summed E-state index contributed by atoms with van der Waals surface area (Å²) in [5, 5.41) is 9.63. The van der Waals surface area contributed by atoms with E-state index in [0.717, 1.165) is 16.8 Å². The number of pyridine rings is 1. The summed E-state index contributed by atoms with van der Waals surface area (Å²) in [6.45, 7) is 1.39. The van der Waals surface area contributed by atoms with Crippen molar-refractivity contribution in [2.24, 2.45) is 0 Å². The number of hydrogen-bond acceptors (Lipinski definition) is 7. The van der Waals surface area contributed by atoms with Gasteiger partial charge in [0.25, 0.3) is 5.91 Å². The summed E-state index contributed by atoms with van der Waals surface area (Å²) in [7, 11) is 1.32. The molecule has 1 fully saturated rings. The van der Waals surface area contributed by atoms with Crippen molar-refractivity contribution < 1.29 is 23.9 Å². The summed E-state index contributed by atoms with van der Waals surface area (Å²) in [5.41, 5.74) is 2.12. The number of ether oxygens (including phenoxy) is 2. The fourth-order valence-electron chi connectivity index (χ4n) is 6.33. The number of urea groups is 1. The van der Waals surface area contributed by atoms with Crippen molar-refractivity contribution in [2.75, 3.05) is 25.5 Å². The Morgan fingerprint density at radius 1 is 1.00 bits per heavy atom. The standard InChI is InChI=1S/C35H37N5O5/c1-44-33(42)31-30(32(41)39-27-15-19-40(20-16-27)34(43)37-23-25-11-8-18-36-22-25)28-14-17-35(31,45-28)29(21-24-9-4-2-5-10-24)38-26-12-6-3-7-13-26/h2-14,17-18,22,27-29,38H,15-16,19-21,23H2,1H3,(H,37,43)(H,39,41). The molecule has 2 aromatic carbocycles. The van der Waals surface area contributed by atoms with E-state index in [-0.39, 0.29) is 29.1 Å². The molecule has 3 atom stereocenters. The van der Waals surface area contributed by atoms with Crippen LogP contribution in [0, 0.1) is 0 Å². The van der Waals surface area contributed by atoms with E-state index in [1.54, 1.807) is 17.3 Å². The van der Waals surface area contributed by atoms with Crippen LogP contribution in [0.1, 0.15) is 24.0 Å². The van der Waals surface area contributed by atoms with Crippen LogP contribution in [0.15, 0.2) is 108 Å². The fraction of sp³-hybridized carbons (Fsp3) is 0.314. The molecule has 0 spiro atoms. The molecule has 232 valence electrons. The Morgan fingerprint density at radius 3 is 2.40 bits per heavy atom. The molecule has 3 N–H and O–H groups in total. The number of benzene rings is 2. The Morgan fingerprint density at radius 2 is 1.71 bits per heavy atom. The van der Waals surface area contributed by atoms with Crippen molar-refractivity contribution in [1.82, 2.24) is 20.5 Å². The van der Waals surface area contributed by atoms with Crippen LogP contribution in [-0.4, -0.2) is 71.8 Å². The molecule has 10 heteroatoms. The summed E-state index contributed by atoms with van der Waals surface area (Å²) in [4.78, 5) is 45.9. The van der Waals surface area contributed by atoms with E-state index in [2.05, 4.69) is 20.9 Å². The van der Waals surface area contributed by atoms with Crippen LogP contribution in [0.2, 0.25) is 0 Å². The molecular formula is C35H37N5O5. The molecule has 0 aliphatic carbocycles. The van der Waals surface area contributed by atoms with Gasteiger partial charge < -0.3 is 30.3 Å². The normalized spacial score (nSPS) is 21.4. The number of nitrogens with one attached hydrogen (secondary N) is 3. The third-order valence-corrected chi connectivity index (χ3v) is 8.62. The molecule has 45 heavy (non-hydrogen) atoms. The minimum absolute atomic E-state index is 0.150. The van der Waals surface area contributed by atoms with Gasteiger partial charge in [-0.05, 0) is 54.7 Å². The summed E-state index contributed by atoms with van der Waals surface area (Å²) in [5.74, 6) is -0.954. The average molecular weight is 608 g/mol. The van der Waals surface area contributed by atoms with Crippen LogP contribution < -0.4 is 16.0 Å². The second-order valence-electron chi connectivity index (χ2n) is 11.5. The Labute approximate surface area is 262 Å². The first-order valence-electron chi connectivity index (χ1n) is 15.2. The van der Waals surface area contributed by atoms with Gasteiger partial charge in [0.15, 0.2) is 0 Å². The van der Waals surface area contributed by atoms with Gasteiger partial charge in [-0.3, -0.25) is 9.78 Å². The number of fused-ring (bicyclic) bond motifs is 2. The number of aromatic nitrogens is 1. The molecule has 3 aliphatic heterocycles. The third kappa shape index (κ3) is 6.46. The van der Waals surface area contributed by atoms with Crippen molar-refractivity contribution in [3.8, 4) is 0 Å². The zero-order valence-corrected chi connectivity index (χ0v) is 25.1. The number of rotatable bonds is 10. The van der Waals surface area contributed by atoms with E-state index in [0.29, 0.717) is 38.9 Å². The molecule has 1 aromatic heterocycles. The molecule has 3 aliphatic rings. The predicted molar refractivity (Wildman–Crippen MR) is 169 cm³/mol. The lowest BCUT2D eigenvalue weighted by Crippen LogP contribution is -2.50. The molecule has 3 aromatic rings. The predicted octanol–water partition coefficient (Wildman–Crippen LogP) is 3.77. The highest BCUT2D eigenvalue weighted by molar-refractivity contribution is 6.07. The maximum atomic E-state index is 13.9. The summed E-state index contributed by atoms with van der Waals surface area (Å²) >= 11 is 0. The minimum Gasteiger partial charge on any atom is -0.466 e. The molecule has 2 bridgehead atoms. The Kier molecular flexibility index (Phi) is 8.93. The number of nitrogens with zero attached hydrogens (tertiary/aromatic N) is 2. The second kappa shape index (κ2) is 13.4. The molecule has 4 heterocycles. The number of hydrogen-bond donors (Lipinski definition) is 3. The Balaban J connectivity index is 1.18. The number of likely N-dealkylation sites (tertiary alicyclic amines) is 1. The smallest absolute Gasteiger partial charge is 0.337 e. The van der Waals surface area contributed by atoms with Crippen LogP contribution in [-0.2, 0) is 32.0 Å². The maximum Gasteiger partial charge on any atom is 0.337 e. The topological polar surface area (TPSA) is 122 Å². The second-order valence-corrected chi connectivity index (χ2v) is 11.5. The lowest BCUT2D eigenvalue weighted by molar-refractivity contribution is -0.138. The highest BCUT2D eigenvalue weighted by atomic mass is 16.5. The van der Waals surface area contributed by atoms with Gasteiger partial charge in [0.2, 0.25) is 0 Å². The maximum absolute atomic E-state index is 13.9. The SMILES string of the molecule is COC(=O)C1=C(C(=O)NC2CCN(C(=O)NCc3cccnc3)CC2)C2C=CC1(C(Cc1ccccc1)Nc1ccccc1)O2. The molecule has 3 unspecified atom stereocenters. The largest absolute Gasteiger partial charge is 0.466 e. The minimum atomic E-state index is -1.22. The van der Waals surface area contributed by atoms with Crippen molar-refractivity contribution in [2.45, 2.75) is 49.6 Å². The van der Waals surface area contributed by atoms with Crippen LogP contribution in [0.4, 0.5) is 10.5 Å². The number of carbonyl (C=O) groups excluding carboxylic acids is 3. The highest BCUT2D eigenvalue weighted by Crippen LogP contribution is 2.47. The molecule has 0 saturated carbocycles. The molecular weight excluding hydrogens is 570 g/mol. The number of esters is 1. The van der Waals surface area contributed by atoms with E-state index in [4.69, 9.17) is 9.47 Å². The molecule has 10 nitrogen and oxygen atoms in total. The fourth-order valence-corrected chi connectivity index (χ4v) is 6.33. The van der Waals surface area contributed by atoms with Gasteiger partial charge in [-0.1, -0.05) is 60.7 Å². The van der Waals surface area contributed by atoms with Crippen molar-refractivity contribution >= 4 is 23.6 Å². The zero-order valence-electron chi connectivity index (χ0n) is 25.1. The summed E-state index contributed by atoms with van der Waals surface area (Å²) in [6.07, 6.45) is 8.17. The number of piperidine rings is 1. The van der Waals surface area contributed by atoms with Crippen molar-refractivity contribution in [3.63, 3.8) is 0 Å². The Bertz CT molecular complexity index is 1530. The van der Waals surface area contributed by atoms with Gasteiger partial charge in [0.1, 0.15) is 11.7 Å². The van der Waals surface area contributed by atoms with Crippen LogP contribution in [0.5, 0.6) is 0 Å². The lowest BCUT2D eigenvalue weighted by atomic mass is 9.78. The zero-order chi connectivity index (χ0) is 31.2. The van der Waals surface area contributed by atoms with Crippen molar-refractivity contribution in [3.05, 3.63) is 120 Å². The van der Waals surface area contributed by atoms with Crippen LogP contribution in [0.25, 0.3) is 0 Å². The average Bonchev–Trinajstić information content (AvgIpc) is 3.67. The van der Waals surface area contributed by atoms with Crippen LogP contribution in [0.3, 0.4) is 0 Å². The van der Waals surface area contributed by atoms with E-state index in [1.165, 1.54) is 7.11 Å². The summed E-state index contributed by atoms with van der Waals surface area (Å²) < 4.78 is 11.8. The molecule has 3 amide bonds.